The Morgan fingerprint density at radius 2 is 2.23 bits per heavy atom. The molecule has 0 bridgehead atoms. The predicted octanol–water partition coefficient (Wildman–Crippen LogP) is 3.01. The van der Waals surface area contributed by atoms with E-state index < -0.39 is 0 Å². The van der Waals surface area contributed by atoms with Crippen LogP contribution < -0.4 is 5.73 Å². The Bertz CT molecular complexity index is 339. The standard InChI is InChI=1S/C12H15N/c1-9-6-7-11(12(13)8-9)10-4-2-3-5-10/h2,4,6-8,10H,3,5,13H2,1H3. The quantitative estimate of drug-likeness (QED) is 0.512. The first kappa shape index (κ1) is 8.36. The number of allylic oxidation sites excluding steroid dienone is 2. The fourth-order valence-electron chi connectivity index (χ4n) is 1.92. The molecule has 1 unspecified atom stereocenters. The fourth-order valence-corrected chi connectivity index (χ4v) is 1.92. The molecule has 0 fully saturated rings. The lowest BCUT2D eigenvalue weighted by atomic mass is 9.96. The highest BCUT2D eigenvalue weighted by molar-refractivity contribution is 5.52. The van der Waals surface area contributed by atoms with Crippen molar-refractivity contribution < 1.29 is 0 Å². The van der Waals surface area contributed by atoms with Gasteiger partial charge in [-0.05, 0) is 37.0 Å². The van der Waals surface area contributed by atoms with E-state index in [0.717, 1.165) is 5.69 Å². The Kier molecular flexibility index (Phi) is 2.09. The molecule has 1 heteroatoms. The van der Waals surface area contributed by atoms with Gasteiger partial charge in [0.15, 0.2) is 0 Å². The number of hydrogen-bond acceptors (Lipinski definition) is 1. The highest BCUT2D eigenvalue weighted by Crippen LogP contribution is 2.32. The molecule has 0 radical (unpaired) electrons. The molecule has 1 nitrogen and oxygen atoms in total. The van der Waals surface area contributed by atoms with E-state index in [4.69, 9.17) is 5.73 Å². The molecular weight excluding hydrogens is 158 g/mol. The van der Waals surface area contributed by atoms with Crippen LogP contribution in [0.2, 0.25) is 0 Å². The molecule has 1 atom stereocenters. The number of hydrogen-bond donors (Lipinski definition) is 1. The zero-order chi connectivity index (χ0) is 9.26. The molecule has 0 aromatic heterocycles. The maximum Gasteiger partial charge on any atom is 0.0355 e. The molecule has 0 heterocycles. The van der Waals surface area contributed by atoms with Gasteiger partial charge < -0.3 is 5.73 Å². The summed E-state index contributed by atoms with van der Waals surface area (Å²) in [6, 6.07) is 6.35. The lowest BCUT2D eigenvalue weighted by molar-refractivity contribution is 0.803. The first-order valence-corrected chi connectivity index (χ1v) is 4.80. The van der Waals surface area contributed by atoms with Crippen LogP contribution >= 0.6 is 0 Å². The average Bonchev–Trinajstić information content (AvgIpc) is 2.56. The van der Waals surface area contributed by atoms with E-state index in [-0.39, 0.29) is 0 Å². The van der Waals surface area contributed by atoms with Crippen molar-refractivity contribution in [3.05, 3.63) is 41.5 Å². The summed E-state index contributed by atoms with van der Waals surface area (Å²) in [6.07, 6.45) is 6.91. The van der Waals surface area contributed by atoms with E-state index in [1.54, 1.807) is 0 Å². The van der Waals surface area contributed by atoms with E-state index in [2.05, 4.69) is 37.3 Å². The number of benzene rings is 1. The second kappa shape index (κ2) is 3.25. The Hall–Kier alpha value is -1.24. The van der Waals surface area contributed by atoms with Crippen molar-refractivity contribution in [3.8, 4) is 0 Å². The van der Waals surface area contributed by atoms with Crippen LogP contribution in [-0.4, -0.2) is 0 Å². The molecule has 1 aliphatic carbocycles. The van der Waals surface area contributed by atoms with Crippen molar-refractivity contribution in [2.24, 2.45) is 0 Å². The van der Waals surface area contributed by atoms with Gasteiger partial charge in [0, 0.05) is 11.6 Å². The molecule has 2 rings (SSSR count). The van der Waals surface area contributed by atoms with E-state index in [1.165, 1.54) is 24.0 Å². The van der Waals surface area contributed by atoms with E-state index in [9.17, 15) is 0 Å². The van der Waals surface area contributed by atoms with Crippen molar-refractivity contribution >= 4 is 5.69 Å². The summed E-state index contributed by atoms with van der Waals surface area (Å²) >= 11 is 0. The molecule has 1 aromatic carbocycles. The second-order valence-electron chi connectivity index (χ2n) is 3.74. The van der Waals surface area contributed by atoms with Gasteiger partial charge in [-0.15, -0.1) is 0 Å². The lowest BCUT2D eigenvalue weighted by Crippen LogP contribution is -1.98. The predicted molar refractivity (Wildman–Crippen MR) is 56.7 cm³/mol. The van der Waals surface area contributed by atoms with Gasteiger partial charge in [-0.3, -0.25) is 0 Å². The first-order chi connectivity index (χ1) is 6.27. The van der Waals surface area contributed by atoms with E-state index in [0.29, 0.717) is 5.92 Å². The Morgan fingerprint density at radius 1 is 1.38 bits per heavy atom. The molecule has 2 N–H and O–H groups in total. The molecule has 0 aliphatic heterocycles. The van der Waals surface area contributed by atoms with Crippen LogP contribution in [0.4, 0.5) is 5.69 Å². The highest BCUT2D eigenvalue weighted by Gasteiger charge is 2.13. The third kappa shape index (κ3) is 1.59. The highest BCUT2D eigenvalue weighted by atomic mass is 14.6. The Labute approximate surface area is 79.3 Å². The summed E-state index contributed by atoms with van der Waals surface area (Å²) in [4.78, 5) is 0. The number of aryl methyl sites for hydroxylation is 1. The maximum absolute atomic E-state index is 5.97. The van der Waals surface area contributed by atoms with Gasteiger partial charge in [0.1, 0.15) is 0 Å². The first-order valence-electron chi connectivity index (χ1n) is 4.80. The summed E-state index contributed by atoms with van der Waals surface area (Å²) in [5.41, 5.74) is 9.44. The van der Waals surface area contributed by atoms with Gasteiger partial charge in [0.25, 0.3) is 0 Å². The van der Waals surface area contributed by atoms with Gasteiger partial charge in [0.05, 0.1) is 0 Å². The number of nitrogen functional groups attached to an aromatic ring is 1. The smallest absolute Gasteiger partial charge is 0.0355 e. The number of nitrogens with two attached hydrogens (primary N) is 1. The molecule has 68 valence electrons. The maximum atomic E-state index is 5.97. The van der Waals surface area contributed by atoms with Gasteiger partial charge in [0.2, 0.25) is 0 Å². The summed E-state index contributed by atoms with van der Waals surface area (Å²) in [6.45, 7) is 2.07. The average molecular weight is 173 g/mol. The minimum Gasteiger partial charge on any atom is -0.398 e. The SMILES string of the molecule is Cc1ccc(C2C=CCC2)c(N)c1. The largest absolute Gasteiger partial charge is 0.398 e. The topological polar surface area (TPSA) is 26.0 Å². The molecule has 1 aliphatic rings. The second-order valence-corrected chi connectivity index (χ2v) is 3.74. The summed E-state index contributed by atoms with van der Waals surface area (Å²) in [5.74, 6) is 0.556. The van der Waals surface area contributed by atoms with Crippen molar-refractivity contribution in [2.75, 3.05) is 5.73 Å². The van der Waals surface area contributed by atoms with Crippen molar-refractivity contribution in [2.45, 2.75) is 25.7 Å². The molecule has 1 aromatic rings. The van der Waals surface area contributed by atoms with Crippen LogP contribution in [0.1, 0.15) is 29.9 Å². The summed E-state index contributed by atoms with van der Waals surface area (Å²) in [7, 11) is 0. The van der Waals surface area contributed by atoms with Crippen molar-refractivity contribution in [1.29, 1.82) is 0 Å². The Balaban J connectivity index is 2.34. The lowest BCUT2D eigenvalue weighted by Gasteiger charge is -2.11. The van der Waals surface area contributed by atoms with Crippen LogP contribution in [0, 0.1) is 6.92 Å². The summed E-state index contributed by atoms with van der Waals surface area (Å²) in [5, 5.41) is 0. The van der Waals surface area contributed by atoms with Gasteiger partial charge >= 0.3 is 0 Å². The molecule has 0 spiro atoms. The van der Waals surface area contributed by atoms with Crippen LogP contribution in [-0.2, 0) is 0 Å². The number of anilines is 1. The molecule has 0 saturated carbocycles. The minimum atomic E-state index is 0.556. The third-order valence-electron chi connectivity index (χ3n) is 2.65. The third-order valence-corrected chi connectivity index (χ3v) is 2.65. The zero-order valence-corrected chi connectivity index (χ0v) is 7.96. The van der Waals surface area contributed by atoms with E-state index in [1.807, 2.05) is 0 Å². The van der Waals surface area contributed by atoms with Crippen molar-refractivity contribution in [1.82, 2.24) is 0 Å². The summed E-state index contributed by atoms with van der Waals surface area (Å²) < 4.78 is 0. The molecule has 0 amide bonds. The van der Waals surface area contributed by atoms with Crippen LogP contribution in [0.3, 0.4) is 0 Å². The Morgan fingerprint density at radius 3 is 2.85 bits per heavy atom. The molecular formula is C12H15N. The van der Waals surface area contributed by atoms with Gasteiger partial charge in [-0.2, -0.15) is 0 Å². The van der Waals surface area contributed by atoms with Gasteiger partial charge in [-0.1, -0.05) is 24.3 Å². The van der Waals surface area contributed by atoms with Gasteiger partial charge in [-0.25, -0.2) is 0 Å². The van der Waals surface area contributed by atoms with E-state index >= 15 is 0 Å². The fraction of sp³-hybridized carbons (Fsp3) is 0.333. The normalized spacial score (nSPS) is 20.8. The molecule has 13 heavy (non-hydrogen) atoms. The minimum absolute atomic E-state index is 0.556. The van der Waals surface area contributed by atoms with Crippen LogP contribution in [0.15, 0.2) is 30.4 Å². The monoisotopic (exact) mass is 173 g/mol. The molecule has 0 saturated heterocycles. The van der Waals surface area contributed by atoms with Crippen LogP contribution in [0.5, 0.6) is 0 Å². The van der Waals surface area contributed by atoms with Crippen molar-refractivity contribution in [3.63, 3.8) is 0 Å². The zero-order valence-electron chi connectivity index (χ0n) is 7.96. The van der Waals surface area contributed by atoms with Crippen LogP contribution in [0.25, 0.3) is 0 Å². The number of rotatable bonds is 1.